The molecule has 0 rings (SSSR count). The van der Waals surface area contributed by atoms with Crippen LogP contribution in [0.3, 0.4) is 0 Å². The maximum Gasteiger partial charge on any atom is -0.0323 e. The lowest BCUT2D eigenvalue weighted by atomic mass is 9.72. The smallest absolute Gasteiger partial charge is 0.0323 e. The summed E-state index contributed by atoms with van der Waals surface area (Å²) in [5, 5.41) is 0. The SMILES string of the molecule is CCC(C)CC(C)(CC)CC(C)CC. The highest BCUT2D eigenvalue weighted by molar-refractivity contribution is 4.77. The Balaban J connectivity index is 4.16. The predicted molar refractivity (Wildman–Crippen MR) is 66.5 cm³/mol. The van der Waals surface area contributed by atoms with Gasteiger partial charge in [-0.15, -0.1) is 0 Å². The van der Waals surface area contributed by atoms with Crippen molar-refractivity contribution in [1.29, 1.82) is 0 Å². The topological polar surface area (TPSA) is 0 Å². The second kappa shape index (κ2) is 6.48. The molecule has 0 aromatic rings. The molecule has 0 aromatic heterocycles. The van der Waals surface area contributed by atoms with E-state index in [1.54, 1.807) is 0 Å². The van der Waals surface area contributed by atoms with E-state index < -0.39 is 0 Å². The van der Waals surface area contributed by atoms with E-state index in [1.165, 1.54) is 32.1 Å². The summed E-state index contributed by atoms with van der Waals surface area (Å²) in [5.74, 6) is 1.79. The molecule has 0 aliphatic carbocycles. The quantitative estimate of drug-likeness (QED) is 0.522. The van der Waals surface area contributed by atoms with Crippen LogP contribution in [0.1, 0.15) is 73.6 Å². The summed E-state index contributed by atoms with van der Waals surface area (Å²) >= 11 is 0. The third-order valence-electron chi connectivity index (χ3n) is 3.93. The van der Waals surface area contributed by atoms with Gasteiger partial charge in [-0.25, -0.2) is 0 Å². The Labute approximate surface area is 91.5 Å². The highest BCUT2D eigenvalue weighted by Crippen LogP contribution is 2.37. The van der Waals surface area contributed by atoms with Crippen molar-refractivity contribution in [3.05, 3.63) is 0 Å². The summed E-state index contributed by atoms with van der Waals surface area (Å²) in [6.07, 6.45) is 6.81. The lowest BCUT2D eigenvalue weighted by Gasteiger charge is -2.33. The molecule has 0 amide bonds. The van der Waals surface area contributed by atoms with Crippen LogP contribution in [0.2, 0.25) is 0 Å². The molecule has 86 valence electrons. The van der Waals surface area contributed by atoms with Gasteiger partial charge in [0.2, 0.25) is 0 Å². The molecule has 0 nitrogen and oxygen atoms in total. The second-order valence-electron chi connectivity index (χ2n) is 5.60. The van der Waals surface area contributed by atoms with Gasteiger partial charge in [0.1, 0.15) is 0 Å². The molecule has 2 atom stereocenters. The van der Waals surface area contributed by atoms with Crippen molar-refractivity contribution in [2.45, 2.75) is 73.6 Å². The molecule has 0 aliphatic rings. The maximum atomic E-state index is 2.48. The molecule has 0 aromatic carbocycles. The fourth-order valence-corrected chi connectivity index (χ4v) is 2.34. The van der Waals surface area contributed by atoms with Crippen LogP contribution in [0, 0.1) is 17.3 Å². The van der Waals surface area contributed by atoms with Crippen LogP contribution in [0.25, 0.3) is 0 Å². The first-order valence-corrected chi connectivity index (χ1v) is 6.47. The van der Waals surface area contributed by atoms with Gasteiger partial charge in [0.05, 0.1) is 0 Å². The molecule has 0 saturated heterocycles. The predicted octanol–water partition coefficient (Wildman–Crippen LogP) is 5.28. The lowest BCUT2D eigenvalue weighted by molar-refractivity contribution is 0.183. The molecule has 0 saturated carbocycles. The minimum absolute atomic E-state index is 0.588. The molecule has 0 aliphatic heterocycles. The van der Waals surface area contributed by atoms with E-state index in [4.69, 9.17) is 0 Å². The summed E-state index contributed by atoms with van der Waals surface area (Å²) in [5.41, 5.74) is 0.588. The molecule has 14 heavy (non-hydrogen) atoms. The van der Waals surface area contributed by atoms with Gasteiger partial charge in [-0.05, 0) is 30.1 Å². The molecule has 0 heteroatoms. The molecule has 0 bridgehead atoms. The highest BCUT2D eigenvalue weighted by atomic mass is 14.3. The first-order valence-electron chi connectivity index (χ1n) is 6.47. The minimum Gasteiger partial charge on any atom is -0.0651 e. The Kier molecular flexibility index (Phi) is 6.48. The largest absolute Gasteiger partial charge is 0.0651 e. The van der Waals surface area contributed by atoms with E-state index in [2.05, 4.69) is 41.5 Å². The standard InChI is InChI=1S/C14H30/c1-7-12(4)10-14(6,9-3)11-13(5)8-2/h12-13H,7-11H2,1-6H3. The van der Waals surface area contributed by atoms with Crippen LogP contribution in [-0.2, 0) is 0 Å². The van der Waals surface area contributed by atoms with E-state index in [9.17, 15) is 0 Å². The fraction of sp³-hybridized carbons (Fsp3) is 1.00. The third-order valence-corrected chi connectivity index (χ3v) is 3.93. The van der Waals surface area contributed by atoms with Crippen molar-refractivity contribution in [1.82, 2.24) is 0 Å². The minimum atomic E-state index is 0.588. The van der Waals surface area contributed by atoms with Crippen molar-refractivity contribution in [3.8, 4) is 0 Å². The molecule has 0 N–H and O–H groups in total. The van der Waals surface area contributed by atoms with Gasteiger partial charge in [-0.3, -0.25) is 0 Å². The lowest BCUT2D eigenvalue weighted by Crippen LogP contribution is -2.21. The average Bonchev–Trinajstić information content (AvgIpc) is 2.17. The van der Waals surface area contributed by atoms with Crippen LogP contribution < -0.4 is 0 Å². The van der Waals surface area contributed by atoms with Crippen molar-refractivity contribution in [2.24, 2.45) is 17.3 Å². The molecule has 0 heterocycles. The van der Waals surface area contributed by atoms with Crippen LogP contribution >= 0.6 is 0 Å². The van der Waals surface area contributed by atoms with E-state index >= 15 is 0 Å². The van der Waals surface area contributed by atoms with Crippen LogP contribution in [-0.4, -0.2) is 0 Å². The van der Waals surface area contributed by atoms with Crippen LogP contribution in [0.5, 0.6) is 0 Å². The van der Waals surface area contributed by atoms with Crippen molar-refractivity contribution < 1.29 is 0 Å². The highest BCUT2D eigenvalue weighted by Gasteiger charge is 2.25. The Morgan fingerprint density at radius 2 is 1.21 bits per heavy atom. The summed E-state index contributed by atoms with van der Waals surface area (Å²) in [6.45, 7) is 14.2. The molecule has 0 radical (unpaired) electrons. The second-order valence-corrected chi connectivity index (χ2v) is 5.60. The number of hydrogen-bond donors (Lipinski definition) is 0. The van der Waals surface area contributed by atoms with Crippen LogP contribution in [0.15, 0.2) is 0 Å². The normalized spacial score (nSPS) is 20.1. The molecule has 2 unspecified atom stereocenters. The van der Waals surface area contributed by atoms with Gasteiger partial charge in [0, 0.05) is 0 Å². The molecular weight excluding hydrogens is 168 g/mol. The van der Waals surface area contributed by atoms with E-state index in [-0.39, 0.29) is 0 Å². The van der Waals surface area contributed by atoms with Gasteiger partial charge in [0.15, 0.2) is 0 Å². The first kappa shape index (κ1) is 14.0. The van der Waals surface area contributed by atoms with Gasteiger partial charge < -0.3 is 0 Å². The zero-order chi connectivity index (χ0) is 11.2. The van der Waals surface area contributed by atoms with Crippen molar-refractivity contribution in [2.75, 3.05) is 0 Å². The summed E-state index contributed by atoms with van der Waals surface area (Å²) in [6, 6.07) is 0. The maximum absolute atomic E-state index is 2.48. The Hall–Kier alpha value is 0. The molecule has 0 spiro atoms. The van der Waals surface area contributed by atoms with Crippen molar-refractivity contribution in [3.63, 3.8) is 0 Å². The summed E-state index contributed by atoms with van der Waals surface area (Å²) in [4.78, 5) is 0. The summed E-state index contributed by atoms with van der Waals surface area (Å²) in [7, 11) is 0. The van der Waals surface area contributed by atoms with Gasteiger partial charge in [-0.2, -0.15) is 0 Å². The Bertz CT molecular complexity index is 125. The van der Waals surface area contributed by atoms with E-state index in [1.807, 2.05) is 0 Å². The zero-order valence-corrected chi connectivity index (χ0v) is 11.2. The summed E-state index contributed by atoms with van der Waals surface area (Å²) < 4.78 is 0. The van der Waals surface area contributed by atoms with Crippen LogP contribution in [0.4, 0.5) is 0 Å². The average molecular weight is 198 g/mol. The number of hydrogen-bond acceptors (Lipinski definition) is 0. The zero-order valence-electron chi connectivity index (χ0n) is 11.2. The third kappa shape index (κ3) is 5.02. The van der Waals surface area contributed by atoms with E-state index in [0.29, 0.717) is 5.41 Å². The monoisotopic (exact) mass is 198 g/mol. The van der Waals surface area contributed by atoms with Gasteiger partial charge in [-0.1, -0.05) is 60.8 Å². The van der Waals surface area contributed by atoms with Gasteiger partial charge in [0.25, 0.3) is 0 Å². The molecular formula is C14H30. The Morgan fingerprint density at radius 3 is 1.43 bits per heavy atom. The first-order chi connectivity index (χ1) is 6.47. The molecule has 0 fully saturated rings. The number of rotatable bonds is 7. The van der Waals surface area contributed by atoms with Crippen molar-refractivity contribution >= 4 is 0 Å². The Morgan fingerprint density at radius 1 is 0.857 bits per heavy atom. The van der Waals surface area contributed by atoms with Gasteiger partial charge >= 0.3 is 0 Å². The fourth-order valence-electron chi connectivity index (χ4n) is 2.34. The van der Waals surface area contributed by atoms with E-state index in [0.717, 1.165) is 11.8 Å².